The molecule has 0 aromatic carbocycles. The third kappa shape index (κ3) is 3.19. The molecule has 2 fully saturated rings. The maximum Gasteiger partial charge on any atom is 0.310 e. The van der Waals surface area contributed by atoms with Crippen molar-refractivity contribution in [3.63, 3.8) is 0 Å². The highest BCUT2D eigenvalue weighted by atomic mass is 16.6. The van der Waals surface area contributed by atoms with E-state index in [1.54, 1.807) is 0 Å². The highest BCUT2D eigenvalue weighted by Crippen LogP contribution is 2.34. The Bertz CT molecular complexity index is 290. The van der Waals surface area contributed by atoms with E-state index >= 15 is 0 Å². The fraction of sp³-hybridized carbons (Fsp3) is 0.923. The summed E-state index contributed by atoms with van der Waals surface area (Å²) >= 11 is 0. The largest absolute Gasteiger partial charge is 0.460 e. The number of hydrogen-bond donors (Lipinski definition) is 1. The molecule has 0 aromatic rings. The van der Waals surface area contributed by atoms with Crippen LogP contribution in [0.4, 0.5) is 0 Å². The van der Waals surface area contributed by atoms with E-state index in [0.717, 1.165) is 39.0 Å². The van der Waals surface area contributed by atoms with Crippen LogP contribution in [0.15, 0.2) is 0 Å². The summed E-state index contributed by atoms with van der Waals surface area (Å²) in [6.07, 6.45) is 2.91. The van der Waals surface area contributed by atoms with E-state index in [4.69, 9.17) is 9.47 Å². The molecule has 0 aliphatic carbocycles. The molecule has 4 heteroatoms. The predicted octanol–water partition coefficient (Wildman–Crippen LogP) is 1.49. The zero-order valence-corrected chi connectivity index (χ0v) is 11.0. The summed E-state index contributed by atoms with van der Waals surface area (Å²) in [6, 6.07) is 0. The molecule has 17 heavy (non-hydrogen) atoms. The van der Waals surface area contributed by atoms with Gasteiger partial charge in [0.25, 0.3) is 0 Å². The Morgan fingerprint density at radius 3 is 2.59 bits per heavy atom. The number of carbonyl (C=O) groups excluding carboxylic acids is 1. The van der Waals surface area contributed by atoms with Crippen LogP contribution >= 0.6 is 0 Å². The summed E-state index contributed by atoms with van der Waals surface area (Å²) in [5.41, 5.74) is -0.262. The van der Waals surface area contributed by atoms with Gasteiger partial charge in [-0.25, -0.2) is 0 Å². The first-order valence-corrected chi connectivity index (χ1v) is 6.46. The summed E-state index contributed by atoms with van der Waals surface area (Å²) in [5.74, 6) is -0.0549. The molecule has 2 aliphatic rings. The maximum absolute atomic E-state index is 12.0. The molecule has 2 rings (SSSR count). The van der Waals surface area contributed by atoms with Crippen molar-refractivity contribution >= 4 is 5.97 Å². The minimum atomic E-state index is -0.386. The Morgan fingerprint density at radius 1 is 1.35 bits per heavy atom. The fourth-order valence-corrected chi connectivity index (χ4v) is 2.65. The van der Waals surface area contributed by atoms with Crippen LogP contribution in [-0.2, 0) is 14.3 Å². The quantitative estimate of drug-likeness (QED) is 0.707. The number of ether oxygens (including phenoxy) is 2. The van der Waals surface area contributed by atoms with Crippen molar-refractivity contribution in [3.05, 3.63) is 0 Å². The SMILES string of the molecule is CC(C)(C)OC(=O)C1CNC2(CCOCC2)C1. The predicted molar refractivity (Wildman–Crippen MR) is 64.7 cm³/mol. The maximum atomic E-state index is 12.0. The van der Waals surface area contributed by atoms with Crippen molar-refractivity contribution < 1.29 is 14.3 Å². The first-order valence-electron chi connectivity index (χ1n) is 6.46. The molecule has 0 amide bonds. The molecule has 2 heterocycles. The fourth-order valence-electron chi connectivity index (χ4n) is 2.65. The number of carbonyl (C=O) groups is 1. The highest BCUT2D eigenvalue weighted by Gasteiger charge is 2.43. The lowest BCUT2D eigenvalue weighted by Crippen LogP contribution is -2.44. The van der Waals surface area contributed by atoms with Gasteiger partial charge in [0.15, 0.2) is 0 Å². The van der Waals surface area contributed by atoms with Gasteiger partial charge in [-0.1, -0.05) is 0 Å². The molecule has 0 saturated carbocycles. The molecule has 1 unspecified atom stereocenters. The zero-order chi connectivity index (χ0) is 12.5. The lowest BCUT2D eigenvalue weighted by atomic mass is 9.86. The second-order valence-electron chi connectivity index (χ2n) is 6.21. The minimum absolute atomic E-state index is 0.00678. The molecule has 2 saturated heterocycles. The van der Waals surface area contributed by atoms with Crippen LogP contribution in [0.25, 0.3) is 0 Å². The van der Waals surface area contributed by atoms with E-state index in [2.05, 4.69) is 5.32 Å². The molecule has 0 radical (unpaired) electrons. The third-order valence-electron chi connectivity index (χ3n) is 3.55. The van der Waals surface area contributed by atoms with E-state index in [1.807, 2.05) is 20.8 Å². The molecule has 98 valence electrons. The lowest BCUT2D eigenvalue weighted by molar-refractivity contribution is -0.159. The van der Waals surface area contributed by atoms with Gasteiger partial charge >= 0.3 is 5.97 Å². The Balaban J connectivity index is 1.91. The Morgan fingerprint density at radius 2 is 2.00 bits per heavy atom. The van der Waals surface area contributed by atoms with Gasteiger partial charge in [0.2, 0.25) is 0 Å². The highest BCUT2D eigenvalue weighted by molar-refractivity contribution is 5.73. The van der Waals surface area contributed by atoms with Gasteiger partial charge < -0.3 is 14.8 Å². The molecular weight excluding hydrogens is 218 g/mol. The number of rotatable bonds is 1. The van der Waals surface area contributed by atoms with Gasteiger partial charge in [0, 0.05) is 25.3 Å². The van der Waals surface area contributed by atoms with E-state index in [0.29, 0.717) is 0 Å². The number of esters is 1. The van der Waals surface area contributed by atoms with Crippen molar-refractivity contribution in [2.24, 2.45) is 5.92 Å². The molecule has 1 atom stereocenters. The molecule has 1 N–H and O–H groups in total. The van der Waals surface area contributed by atoms with Crippen molar-refractivity contribution in [2.45, 2.75) is 51.2 Å². The van der Waals surface area contributed by atoms with Crippen molar-refractivity contribution in [1.82, 2.24) is 5.32 Å². The topological polar surface area (TPSA) is 47.6 Å². The van der Waals surface area contributed by atoms with Crippen LogP contribution < -0.4 is 5.32 Å². The summed E-state index contributed by atoms with van der Waals surface area (Å²) in [5, 5.41) is 3.51. The molecular formula is C13H23NO3. The second kappa shape index (κ2) is 4.58. The van der Waals surface area contributed by atoms with Crippen molar-refractivity contribution in [2.75, 3.05) is 19.8 Å². The first-order chi connectivity index (χ1) is 7.90. The van der Waals surface area contributed by atoms with Crippen LogP contribution in [0.2, 0.25) is 0 Å². The Labute approximate surface area is 103 Å². The standard InChI is InChI=1S/C13H23NO3/c1-12(2,3)17-11(15)10-8-13(14-9-10)4-6-16-7-5-13/h10,14H,4-9H2,1-3H3. The molecule has 4 nitrogen and oxygen atoms in total. The van der Waals surface area contributed by atoms with Crippen molar-refractivity contribution in [1.29, 1.82) is 0 Å². The van der Waals surface area contributed by atoms with Crippen LogP contribution in [0.3, 0.4) is 0 Å². The molecule has 0 aromatic heterocycles. The van der Waals surface area contributed by atoms with Crippen LogP contribution in [-0.4, -0.2) is 36.9 Å². The second-order valence-corrected chi connectivity index (χ2v) is 6.21. The van der Waals surface area contributed by atoms with E-state index in [-0.39, 0.29) is 23.0 Å². The van der Waals surface area contributed by atoms with Gasteiger partial charge in [-0.15, -0.1) is 0 Å². The van der Waals surface area contributed by atoms with Gasteiger partial charge in [0.1, 0.15) is 5.60 Å². The smallest absolute Gasteiger partial charge is 0.310 e. The third-order valence-corrected chi connectivity index (χ3v) is 3.55. The summed E-state index contributed by atoms with van der Waals surface area (Å²) < 4.78 is 10.8. The zero-order valence-electron chi connectivity index (χ0n) is 11.0. The van der Waals surface area contributed by atoms with E-state index in [9.17, 15) is 4.79 Å². The average Bonchev–Trinajstić information content (AvgIpc) is 2.61. The summed E-state index contributed by atoms with van der Waals surface area (Å²) in [4.78, 5) is 12.0. The lowest BCUT2D eigenvalue weighted by Gasteiger charge is -2.33. The first kappa shape index (κ1) is 12.8. The van der Waals surface area contributed by atoms with E-state index < -0.39 is 0 Å². The van der Waals surface area contributed by atoms with Gasteiger partial charge in [-0.2, -0.15) is 0 Å². The van der Waals surface area contributed by atoms with Crippen LogP contribution in [0, 0.1) is 5.92 Å². The molecule has 2 aliphatic heterocycles. The average molecular weight is 241 g/mol. The van der Waals surface area contributed by atoms with Crippen molar-refractivity contribution in [3.8, 4) is 0 Å². The van der Waals surface area contributed by atoms with Crippen LogP contribution in [0.1, 0.15) is 40.0 Å². The van der Waals surface area contributed by atoms with Gasteiger partial charge in [0.05, 0.1) is 5.92 Å². The summed E-state index contributed by atoms with van der Waals surface area (Å²) in [6.45, 7) is 8.09. The minimum Gasteiger partial charge on any atom is -0.460 e. The molecule has 1 spiro atoms. The number of hydrogen-bond acceptors (Lipinski definition) is 4. The van der Waals surface area contributed by atoms with Gasteiger partial charge in [-0.3, -0.25) is 4.79 Å². The summed E-state index contributed by atoms with van der Waals surface area (Å²) in [7, 11) is 0. The Kier molecular flexibility index (Phi) is 3.46. The number of nitrogens with one attached hydrogen (secondary N) is 1. The normalized spacial score (nSPS) is 28.3. The Hall–Kier alpha value is -0.610. The van der Waals surface area contributed by atoms with Crippen LogP contribution in [0.5, 0.6) is 0 Å². The molecule has 0 bridgehead atoms. The van der Waals surface area contributed by atoms with E-state index in [1.165, 1.54) is 0 Å². The van der Waals surface area contributed by atoms with Gasteiger partial charge in [-0.05, 0) is 40.0 Å². The monoisotopic (exact) mass is 241 g/mol.